The molecule has 0 fully saturated rings. The number of aryl methyl sites for hydroxylation is 1. The molecule has 1 nitrogen and oxygen atoms in total. The van der Waals surface area contributed by atoms with Gasteiger partial charge in [-0.2, -0.15) is 0 Å². The zero-order chi connectivity index (χ0) is 13.3. The van der Waals surface area contributed by atoms with E-state index in [1.54, 1.807) is 0 Å². The molecule has 92 valence electrons. The third kappa shape index (κ3) is 4.60. The zero-order valence-electron chi connectivity index (χ0n) is 11.1. The zero-order valence-corrected chi connectivity index (χ0v) is 10.1. The van der Waals surface area contributed by atoms with E-state index >= 15 is 0 Å². The van der Waals surface area contributed by atoms with Crippen LogP contribution in [0.15, 0.2) is 12.1 Å². The van der Waals surface area contributed by atoms with E-state index in [0.717, 1.165) is 12.8 Å². The van der Waals surface area contributed by atoms with Crippen LogP contribution in [-0.4, -0.2) is 7.11 Å². The molecule has 16 heavy (non-hydrogen) atoms. The largest absolute Gasteiger partial charge is 0.491 e. The summed E-state index contributed by atoms with van der Waals surface area (Å²) in [5.41, 5.74) is 0.630. The number of rotatable bonds is 3. The summed E-state index contributed by atoms with van der Waals surface area (Å²) >= 11 is 0. The second kappa shape index (κ2) is 8.08. The molecule has 0 saturated heterocycles. The molecule has 0 atom stereocenters. The summed E-state index contributed by atoms with van der Waals surface area (Å²) in [6, 6.07) is 2.56. The Morgan fingerprint density at radius 2 is 1.75 bits per heavy atom. The van der Waals surface area contributed by atoms with Crippen LogP contribution in [0.1, 0.15) is 40.5 Å². The van der Waals surface area contributed by atoms with Gasteiger partial charge in [0.15, 0.2) is 17.4 Å². The summed E-state index contributed by atoms with van der Waals surface area (Å²) in [6.45, 7) is 4.52. The second-order valence-corrected chi connectivity index (χ2v) is 3.30. The number of methoxy groups -OCH3 is 1. The predicted octanol–water partition coefficient (Wildman–Crippen LogP) is 4.34. The van der Waals surface area contributed by atoms with E-state index in [-0.39, 0.29) is 5.75 Å². The lowest BCUT2D eigenvalue weighted by molar-refractivity contribution is 0.359. The van der Waals surface area contributed by atoms with Crippen molar-refractivity contribution in [3.05, 3.63) is 29.3 Å². The van der Waals surface area contributed by atoms with Gasteiger partial charge >= 0.3 is 0 Å². The predicted molar refractivity (Wildman–Crippen MR) is 62.9 cm³/mol. The van der Waals surface area contributed by atoms with Crippen LogP contribution in [0.2, 0.25) is 0 Å². The fourth-order valence-electron chi connectivity index (χ4n) is 1.01. The molecule has 1 rings (SSSR count). The maximum absolute atomic E-state index is 12.9. The third-order valence-electron chi connectivity index (χ3n) is 2.02. The summed E-state index contributed by atoms with van der Waals surface area (Å²) in [4.78, 5) is 0. The molecular formula is C13H20F2O. The molecule has 0 unspecified atom stereocenters. The maximum atomic E-state index is 12.9. The van der Waals surface area contributed by atoms with Crippen molar-refractivity contribution in [1.82, 2.24) is 0 Å². The minimum atomic E-state index is -0.644. The van der Waals surface area contributed by atoms with Crippen molar-refractivity contribution in [3.8, 4) is 5.75 Å². The van der Waals surface area contributed by atoms with Gasteiger partial charge < -0.3 is 4.74 Å². The summed E-state index contributed by atoms with van der Waals surface area (Å²) in [6.07, 6.45) is 2.82. The second-order valence-electron chi connectivity index (χ2n) is 3.30. The lowest BCUT2D eigenvalue weighted by Gasteiger charge is -2.04. The number of ether oxygens (including phenoxy) is 1. The number of hydrogen-bond donors (Lipinski definition) is 0. The van der Waals surface area contributed by atoms with E-state index in [0.29, 0.717) is 18.9 Å². The van der Waals surface area contributed by atoms with Crippen LogP contribution >= 0.6 is 0 Å². The number of halogens is 2. The van der Waals surface area contributed by atoms with Crippen LogP contribution in [0.25, 0.3) is 0 Å². The molecule has 0 spiro atoms. The Bertz CT molecular complexity index is 304. The molecule has 0 heterocycles. The first-order valence-electron chi connectivity index (χ1n) is 6.12. The fourth-order valence-corrected chi connectivity index (χ4v) is 1.01. The summed E-state index contributed by atoms with van der Waals surface area (Å²) < 4.78 is 37.0. The van der Waals surface area contributed by atoms with Crippen molar-refractivity contribution in [2.24, 2.45) is 0 Å². The fraction of sp³-hybridized carbons (Fsp3) is 0.538. The molecule has 3 heteroatoms. The molecule has 0 aliphatic carbocycles. The van der Waals surface area contributed by atoms with Crippen molar-refractivity contribution >= 4 is 0 Å². The highest BCUT2D eigenvalue weighted by atomic mass is 19.1. The Morgan fingerprint density at radius 3 is 2.00 bits per heavy atom. The highest BCUT2D eigenvalue weighted by Gasteiger charge is 2.09. The van der Waals surface area contributed by atoms with Gasteiger partial charge in [-0.3, -0.25) is 0 Å². The average Bonchev–Trinajstić information content (AvgIpc) is 2.30. The van der Waals surface area contributed by atoms with Gasteiger partial charge in [0.2, 0.25) is 0 Å². The first-order valence-corrected chi connectivity index (χ1v) is 5.41. The average molecular weight is 232 g/mol. The standard InChI is InChI=1S/C9H10F2O.C4H10/c1-3-6-4-7(10)9(12-2)8(11)5-6;1-3-4-2/h4-5H,3H2,1-2H3;3-4H2,1-2H3/i;1T. The van der Waals surface area contributed by atoms with Crippen LogP contribution in [-0.2, 0) is 6.42 Å². The minimum Gasteiger partial charge on any atom is -0.491 e. The molecule has 0 amide bonds. The lowest BCUT2D eigenvalue weighted by atomic mass is 10.1. The minimum absolute atomic E-state index is 0.313. The summed E-state index contributed by atoms with van der Waals surface area (Å²) in [5, 5.41) is 0. The van der Waals surface area contributed by atoms with Gasteiger partial charge in [-0.25, -0.2) is 8.78 Å². The van der Waals surface area contributed by atoms with E-state index < -0.39 is 11.6 Å². The SMILES string of the molecule is CCc1cc(F)c(OC)c(F)c1.[3H]CCCC. The Kier molecular flexibility index (Phi) is 6.54. The van der Waals surface area contributed by atoms with Gasteiger partial charge in [0, 0.05) is 1.37 Å². The van der Waals surface area contributed by atoms with Crippen molar-refractivity contribution < 1.29 is 14.9 Å². The molecule has 0 bridgehead atoms. The molecule has 0 aliphatic heterocycles. The summed E-state index contributed by atoms with van der Waals surface area (Å²) in [7, 11) is 1.24. The highest BCUT2D eigenvalue weighted by molar-refractivity contribution is 5.31. The van der Waals surface area contributed by atoms with Crippen LogP contribution in [0.5, 0.6) is 5.75 Å². The Balaban J connectivity index is 0.000000437. The highest BCUT2D eigenvalue weighted by Crippen LogP contribution is 2.22. The Morgan fingerprint density at radius 1 is 1.19 bits per heavy atom. The van der Waals surface area contributed by atoms with Gasteiger partial charge in [-0.05, 0) is 24.1 Å². The quantitative estimate of drug-likeness (QED) is 0.753. The molecule has 1 aromatic rings. The molecule has 0 saturated carbocycles. The molecule has 0 N–H and O–H groups in total. The third-order valence-corrected chi connectivity index (χ3v) is 2.02. The topological polar surface area (TPSA) is 9.23 Å². The normalized spacial score (nSPS) is 10.2. The van der Waals surface area contributed by atoms with Crippen molar-refractivity contribution in [1.29, 1.82) is 0 Å². The molecule has 0 aromatic heterocycles. The Labute approximate surface area is 97.8 Å². The van der Waals surface area contributed by atoms with Gasteiger partial charge in [0.1, 0.15) is 0 Å². The molecule has 0 radical (unpaired) electrons. The number of hydrogen-bond acceptors (Lipinski definition) is 1. The van der Waals surface area contributed by atoms with Gasteiger partial charge in [-0.1, -0.05) is 33.6 Å². The smallest absolute Gasteiger partial charge is 0.190 e. The van der Waals surface area contributed by atoms with E-state index in [1.165, 1.54) is 19.2 Å². The van der Waals surface area contributed by atoms with Crippen LogP contribution in [0.3, 0.4) is 0 Å². The van der Waals surface area contributed by atoms with E-state index in [1.807, 2.05) is 6.92 Å². The van der Waals surface area contributed by atoms with Gasteiger partial charge in [-0.15, -0.1) is 0 Å². The van der Waals surface area contributed by atoms with Crippen molar-refractivity contribution in [2.75, 3.05) is 7.11 Å². The van der Waals surface area contributed by atoms with Crippen LogP contribution in [0.4, 0.5) is 8.78 Å². The van der Waals surface area contributed by atoms with Gasteiger partial charge in [0.25, 0.3) is 0 Å². The molecular weight excluding hydrogens is 210 g/mol. The molecule has 1 aromatic carbocycles. The monoisotopic (exact) mass is 232 g/mol. The Hall–Kier alpha value is -1.12. The summed E-state index contributed by atoms with van der Waals surface area (Å²) in [5.74, 6) is -1.60. The number of unbranched alkanes of at least 4 members (excludes halogenated alkanes) is 1. The van der Waals surface area contributed by atoms with E-state index in [9.17, 15) is 8.78 Å². The van der Waals surface area contributed by atoms with Crippen molar-refractivity contribution in [3.63, 3.8) is 0 Å². The maximum Gasteiger partial charge on any atom is 0.190 e. The van der Waals surface area contributed by atoms with E-state index in [4.69, 9.17) is 1.37 Å². The van der Waals surface area contributed by atoms with Crippen LogP contribution in [0, 0.1) is 11.6 Å². The lowest BCUT2D eigenvalue weighted by Crippen LogP contribution is -1.94. The van der Waals surface area contributed by atoms with Crippen molar-refractivity contribution in [2.45, 2.75) is 40.0 Å². The molecule has 0 aliphatic rings. The first-order chi connectivity index (χ1) is 8.10. The van der Waals surface area contributed by atoms with Gasteiger partial charge in [0.05, 0.1) is 7.11 Å². The number of benzene rings is 1. The first kappa shape index (κ1) is 12.9. The van der Waals surface area contributed by atoms with Crippen LogP contribution < -0.4 is 4.74 Å². The van der Waals surface area contributed by atoms with E-state index in [2.05, 4.69) is 11.7 Å².